The molecule has 3 amide bonds. The molecule has 10 heteroatoms. The lowest BCUT2D eigenvalue weighted by atomic mass is 10.1. The number of carbonyl (C=O) groups excluding carboxylic acids is 3. The summed E-state index contributed by atoms with van der Waals surface area (Å²) in [5.74, 6) is -1.18. The number of rotatable bonds is 10. The lowest BCUT2D eigenvalue weighted by molar-refractivity contribution is -0.132. The summed E-state index contributed by atoms with van der Waals surface area (Å²) in [6.07, 6.45) is 1.78. The fraction of sp³-hybridized carbons (Fsp3) is 0.448. The molecule has 2 aromatic carbocycles. The molecule has 39 heavy (non-hydrogen) atoms. The van der Waals surface area contributed by atoms with Crippen molar-refractivity contribution < 1.29 is 14.4 Å². The molecular formula is C29H34N6O3S. The van der Waals surface area contributed by atoms with Crippen LogP contribution in [0.2, 0.25) is 0 Å². The van der Waals surface area contributed by atoms with Crippen LogP contribution in [-0.2, 0) is 20.8 Å². The Morgan fingerprint density at radius 1 is 1.15 bits per heavy atom. The minimum absolute atomic E-state index is 0.00384. The number of nitrogens with one attached hydrogen (secondary N) is 3. The topological polar surface area (TPSA) is 118 Å². The molecule has 1 aliphatic carbocycles. The fourth-order valence-electron chi connectivity index (χ4n) is 5.55. The molecule has 2 fully saturated rings. The fourth-order valence-corrected chi connectivity index (χ4v) is 7.34. The second-order valence-electron chi connectivity index (χ2n) is 10.2. The maximum absolute atomic E-state index is 13.2. The number of para-hydroxylation sites is 1. The molecule has 0 bridgehead atoms. The Balaban J connectivity index is 1.17. The number of thioether (sulfide) groups is 1. The van der Waals surface area contributed by atoms with Gasteiger partial charge in [-0.3, -0.25) is 14.4 Å². The van der Waals surface area contributed by atoms with Gasteiger partial charge in [0.05, 0.1) is 17.9 Å². The number of hydrogen-bond donors (Lipinski definition) is 3. The summed E-state index contributed by atoms with van der Waals surface area (Å²) >= 11 is 1.44. The van der Waals surface area contributed by atoms with Crippen molar-refractivity contribution in [2.24, 2.45) is 11.8 Å². The van der Waals surface area contributed by atoms with Crippen LogP contribution < -0.4 is 20.9 Å². The average Bonchev–Trinajstić information content (AvgIpc) is 3.43. The first-order valence-corrected chi connectivity index (χ1v) is 14.5. The normalized spacial score (nSPS) is 24.1. The summed E-state index contributed by atoms with van der Waals surface area (Å²) < 4.78 is 0. The zero-order valence-corrected chi connectivity index (χ0v) is 23.0. The van der Waals surface area contributed by atoms with E-state index in [0.717, 1.165) is 36.4 Å². The minimum atomic E-state index is -0.900. The monoisotopic (exact) mass is 546 g/mol. The Kier molecular flexibility index (Phi) is 7.98. The number of nitrogens with zero attached hydrogens (tertiary/aromatic N) is 3. The summed E-state index contributed by atoms with van der Waals surface area (Å²) in [7, 11) is 0. The van der Waals surface area contributed by atoms with E-state index < -0.39 is 11.3 Å². The number of hydrogen-bond acceptors (Lipinski definition) is 7. The minimum Gasteiger partial charge on any atom is -0.382 e. The molecule has 2 aliphatic heterocycles. The van der Waals surface area contributed by atoms with Crippen LogP contribution in [-0.4, -0.2) is 65.5 Å². The Labute approximate surface area is 233 Å². The standard InChI is InChI=1S/C29H34N6O3S/c1-3-31-27(37)22(16-30)29-35(4-2)28(38)26(39-29)21-15-23(21)32-19-9-7-10-20(14-19)33-25(36)17-34-13-12-18-8-5-6-11-24(18)34/h5-11,14,21-23,26,29,32H,3-4,12-13,15,17H2,1-2H3,(H,31,37)(H,33,36)/t21-,22-,23+,26?,29?/m1/s1. The van der Waals surface area contributed by atoms with Crippen molar-refractivity contribution in [2.75, 3.05) is 41.7 Å². The van der Waals surface area contributed by atoms with Crippen LogP contribution in [0, 0.1) is 23.2 Å². The highest BCUT2D eigenvalue weighted by molar-refractivity contribution is 8.01. The van der Waals surface area contributed by atoms with E-state index in [1.807, 2.05) is 50.2 Å². The predicted molar refractivity (Wildman–Crippen MR) is 153 cm³/mol. The number of benzene rings is 2. The first-order valence-electron chi connectivity index (χ1n) is 13.6. The molecule has 2 unspecified atom stereocenters. The molecule has 5 rings (SSSR count). The van der Waals surface area contributed by atoms with Gasteiger partial charge in [-0.1, -0.05) is 24.3 Å². The zero-order chi connectivity index (χ0) is 27.5. The SMILES string of the molecule is CCNC(=O)[C@@H](C#N)C1SC([C@@H]2C[C@@H]2Nc2cccc(NC(=O)CN3CCc4ccccc43)c2)C(=O)N1CC. The van der Waals surface area contributed by atoms with Gasteiger partial charge in [0.2, 0.25) is 17.7 Å². The Morgan fingerprint density at radius 3 is 2.72 bits per heavy atom. The van der Waals surface area contributed by atoms with Crippen LogP contribution in [0.4, 0.5) is 17.1 Å². The highest BCUT2D eigenvalue weighted by Gasteiger charge is 2.55. The van der Waals surface area contributed by atoms with E-state index >= 15 is 0 Å². The van der Waals surface area contributed by atoms with E-state index in [9.17, 15) is 19.6 Å². The van der Waals surface area contributed by atoms with Crippen LogP contribution in [0.15, 0.2) is 48.5 Å². The third-order valence-electron chi connectivity index (χ3n) is 7.56. The van der Waals surface area contributed by atoms with Crippen molar-refractivity contribution in [3.05, 3.63) is 54.1 Å². The summed E-state index contributed by atoms with van der Waals surface area (Å²) in [6.45, 7) is 5.73. The molecule has 2 heterocycles. The van der Waals surface area contributed by atoms with E-state index in [-0.39, 0.29) is 34.9 Å². The summed E-state index contributed by atoms with van der Waals surface area (Å²) in [5.41, 5.74) is 3.99. The predicted octanol–water partition coefficient (Wildman–Crippen LogP) is 3.05. The summed E-state index contributed by atoms with van der Waals surface area (Å²) in [4.78, 5) is 42.2. The molecule has 0 aromatic heterocycles. The molecular weight excluding hydrogens is 512 g/mol. The van der Waals surface area contributed by atoms with E-state index in [0.29, 0.717) is 19.6 Å². The number of carbonyl (C=O) groups is 3. The van der Waals surface area contributed by atoms with E-state index in [1.165, 1.54) is 17.3 Å². The number of anilines is 3. The molecule has 204 valence electrons. The molecule has 2 aromatic rings. The van der Waals surface area contributed by atoms with E-state index in [1.54, 1.807) is 4.90 Å². The third-order valence-corrected chi connectivity index (χ3v) is 9.21. The van der Waals surface area contributed by atoms with Gasteiger partial charge in [-0.25, -0.2) is 0 Å². The van der Waals surface area contributed by atoms with Gasteiger partial charge in [0, 0.05) is 48.7 Å². The van der Waals surface area contributed by atoms with Crippen molar-refractivity contribution in [1.29, 1.82) is 5.26 Å². The first kappa shape index (κ1) is 26.9. The van der Waals surface area contributed by atoms with Gasteiger partial charge >= 0.3 is 0 Å². The number of fused-ring (bicyclic) bond motifs is 1. The molecule has 1 saturated heterocycles. The smallest absolute Gasteiger partial charge is 0.243 e. The van der Waals surface area contributed by atoms with Gasteiger partial charge in [0.25, 0.3) is 0 Å². The highest BCUT2D eigenvalue weighted by atomic mass is 32.2. The second-order valence-corrected chi connectivity index (χ2v) is 11.4. The molecule has 5 atom stereocenters. The van der Waals surface area contributed by atoms with Crippen LogP contribution in [0.25, 0.3) is 0 Å². The van der Waals surface area contributed by atoms with Crippen molar-refractivity contribution in [1.82, 2.24) is 10.2 Å². The van der Waals surface area contributed by atoms with Gasteiger partial charge in [0.1, 0.15) is 5.37 Å². The Morgan fingerprint density at radius 2 is 1.95 bits per heavy atom. The first-order chi connectivity index (χ1) is 18.9. The lowest BCUT2D eigenvalue weighted by Crippen LogP contribution is -2.44. The van der Waals surface area contributed by atoms with Crippen molar-refractivity contribution in [3.8, 4) is 6.07 Å². The number of amides is 3. The lowest BCUT2D eigenvalue weighted by Gasteiger charge is -2.25. The van der Waals surface area contributed by atoms with Crippen LogP contribution in [0.1, 0.15) is 25.8 Å². The quantitative estimate of drug-likeness (QED) is 0.419. The van der Waals surface area contributed by atoms with Crippen LogP contribution in [0.5, 0.6) is 0 Å². The molecule has 1 saturated carbocycles. The third kappa shape index (κ3) is 5.69. The summed E-state index contributed by atoms with van der Waals surface area (Å²) in [5, 5.41) is 18.1. The zero-order valence-electron chi connectivity index (χ0n) is 22.2. The molecule has 0 spiro atoms. The summed E-state index contributed by atoms with van der Waals surface area (Å²) in [6, 6.07) is 18.0. The van der Waals surface area contributed by atoms with Gasteiger partial charge < -0.3 is 25.8 Å². The Hall–Kier alpha value is -3.71. The van der Waals surface area contributed by atoms with E-state index in [2.05, 4.69) is 39.1 Å². The van der Waals surface area contributed by atoms with Crippen molar-refractivity contribution in [3.63, 3.8) is 0 Å². The Bertz CT molecular complexity index is 1300. The van der Waals surface area contributed by atoms with Crippen molar-refractivity contribution in [2.45, 2.75) is 43.4 Å². The van der Waals surface area contributed by atoms with Gasteiger partial charge in [0.15, 0.2) is 5.92 Å². The highest BCUT2D eigenvalue weighted by Crippen LogP contribution is 2.49. The van der Waals surface area contributed by atoms with Gasteiger partial charge in [-0.2, -0.15) is 5.26 Å². The van der Waals surface area contributed by atoms with Crippen LogP contribution >= 0.6 is 11.8 Å². The van der Waals surface area contributed by atoms with Crippen molar-refractivity contribution >= 4 is 46.5 Å². The molecule has 3 N–H and O–H groups in total. The maximum atomic E-state index is 13.2. The number of nitriles is 1. The van der Waals surface area contributed by atoms with Gasteiger partial charge in [-0.05, 0) is 56.5 Å². The maximum Gasteiger partial charge on any atom is 0.243 e. The molecule has 0 radical (unpaired) electrons. The molecule has 9 nitrogen and oxygen atoms in total. The largest absolute Gasteiger partial charge is 0.382 e. The molecule has 3 aliphatic rings. The average molecular weight is 547 g/mol. The second kappa shape index (κ2) is 11.6. The van der Waals surface area contributed by atoms with Crippen LogP contribution in [0.3, 0.4) is 0 Å². The van der Waals surface area contributed by atoms with E-state index in [4.69, 9.17) is 0 Å². The van der Waals surface area contributed by atoms with Gasteiger partial charge in [-0.15, -0.1) is 11.8 Å².